The monoisotopic (exact) mass is 450 g/mol. The van der Waals surface area contributed by atoms with Crippen molar-refractivity contribution in [3.8, 4) is 0 Å². The van der Waals surface area contributed by atoms with Crippen LogP contribution in [0.4, 0.5) is 5.69 Å². The number of hydrogen-bond acceptors (Lipinski definition) is 5. The van der Waals surface area contributed by atoms with Crippen LogP contribution in [0.25, 0.3) is 0 Å². The van der Waals surface area contributed by atoms with Crippen molar-refractivity contribution in [1.29, 1.82) is 0 Å². The fourth-order valence-corrected chi connectivity index (χ4v) is 4.06. The van der Waals surface area contributed by atoms with Crippen LogP contribution < -0.4 is 5.32 Å². The van der Waals surface area contributed by atoms with Crippen molar-refractivity contribution in [2.75, 3.05) is 11.9 Å². The quantitative estimate of drug-likeness (QED) is 0.460. The van der Waals surface area contributed by atoms with Gasteiger partial charge in [0.25, 0.3) is 17.7 Å². The van der Waals surface area contributed by atoms with Crippen LogP contribution in [0.3, 0.4) is 0 Å². The molecule has 0 spiro atoms. The maximum atomic E-state index is 13.0. The van der Waals surface area contributed by atoms with Crippen molar-refractivity contribution in [1.82, 2.24) is 4.90 Å². The zero-order chi connectivity index (χ0) is 24.1. The Bertz CT molecular complexity index is 1020. The molecule has 0 saturated heterocycles. The number of rotatable bonds is 9. The third-order valence-electron chi connectivity index (χ3n) is 5.71. The molecule has 33 heavy (non-hydrogen) atoms. The molecule has 2 aromatic rings. The smallest absolute Gasteiger partial charge is 0.329 e. The van der Waals surface area contributed by atoms with Gasteiger partial charge in [-0.1, -0.05) is 58.0 Å². The van der Waals surface area contributed by atoms with E-state index in [0.717, 1.165) is 34.6 Å². The van der Waals surface area contributed by atoms with Gasteiger partial charge in [-0.25, -0.2) is 4.79 Å². The number of fused-ring (bicyclic) bond motifs is 1. The van der Waals surface area contributed by atoms with E-state index >= 15 is 0 Å². The fraction of sp³-hybridized carbons (Fsp3) is 0.385. The van der Waals surface area contributed by atoms with Gasteiger partial charge in [0.1, 0.15) is 6.04 Å². The zero-order valence-corrected chi connectivity index (χ0v) is 19.5. The van der Waals surface area contributed by atoms with Gasteiger partial charge in [-0.3, -0.25) is 19.3 Å². The number of esters is 1. The lowest BCUT2D eigenvalue weighted by molar-refractivity contribution is -0.151. The summed E-state index contributed by atoms with van der Waals surface area (Å²) in [5.74, 6) is -2.26. The number of nitrogens with one attached hydrogen (secondary N) is 1. The lowest BCUT2D eigenvalue weighted by Gasteiger charge is -2.26. The third kappa shape index (κ3) is 5.13. The highest BCUT2D eigenvalue weighted by Gasteiger charge is 2.43. The average molecular weight is 451 g/mol. The van der Waals surface area contributed by atoms with E-state index in [4.69, 9.17) is 4.74 Å². The summed E-state index contributed by atoms with van der Waals surface area (Å²) >= 11 is 0. The van der Waals surface area contributed by atoms with Crippen molar-refractivity contribution in [2.45, 2.75) is 53.0 Å². The summed E-state index contributed by atoms with van der Waals surface area (Å²) in [7, 11) is 0. The highest BCUT2D eigenvalue weighted by atomic mass is 16.5. The highest BCUT2D eigenvalue weighted by Crippen LogP contribution is 2.27. The van der Waals surface area contributed by atoms with E-state index < -0.39 is 36.3 Å². The highest BCUT2D eigenvalue weighted by molar-refractivity contribution is 6.22. The van der Waals surface area contributed by atoms with Crippen LogP contribution in [0.15, 0.2) is 42.5 Å². The van der Waals surface area contributed by atoms with E-state index in [9.17, 15) is 19.2 Å². The first-order valence-corrected chi connectivity index (χ1v) is 11.3. The molecule has 0 bridgehead atoms. The first-order chi connectivity index (χ1) is 15.8. The molecular weight excluding hydrogens is 420 g/mol. The van der Waals surface area contributed by atoms with Crippen molar-refractivity contribution in [2.24, 2.45) is 5.92 Å². The van der Waals surface area contributed by atoms with Crippen LogP contribution in [-0.4, -0.2) is 41.2 Å². The van der Waals surface area contributed by atoms with Crippen molar-refractivity contribution in [3.05, 3.63) is 64.7 Å². The largest absolute Gasteiger partial charge is 0.454 e. The lowest BCUT2D eigenvalue weighted by atomic mass is 10.0. The molecule has 0 unspecified atom stereocenters. The predicted molar refractivity (Wildman–Crippen MR) is 125 cm³/mol. The van der Waals surface area contributed by atoms with Gasteiger partial charge >= 0.3 is 5.97 Å². The number of anilines is 1. The molecule has 1 aliphatic rings. The number of carbonyl (C=O) groups is 4. The summed E-state index contributed by atoms with van der Waals surface area (Å²) in [4.78, 5) is 52.3. The molecule has 1 atom stereocenters. The number of benzene rings is 2. The number of ether oxygens (including phenoxy) is 1. The van der Waals surface area contributed by atoms with Crippen LogP contribution in [0.1, 0.15) is 66.0 Å². The van der Waals surface area contributed by atoms with Gasteiger partial charge in [-0.2, -0.15) is 0 Å². The maximum absolute atomic E-state index is 13.0. The number of nitrogens with zero attached hydrogens (tertiary/aromatic N) is 1. The van der Waals surface area contributed by atoms with Crippen LogP contribution in [-0.2, 0) is 27.2 Å². The molecule has 0 radical (unpaired) electrons. The molecule has 7 heteroatoms. The summed E-state index contributed by atoms with van der Waals surface area (Å²) in [6.07, 6.45) is 1.74. The molecule has 2 aromatic carbocycles. The molecular formula is C26H30N2O5. The number of hydrogen-bond donors (Lipinski definition) is 1. The minimum Gasteiger partial charge on any atom is -0.454 e. The Kier molecular flexibility index (Phi) is 7.63. The summed E-state index contributed by atoms with van der Waals surface area (Å²) in [5.41, 5.74) is 3.27. The minimum atomic E-state index is -1.10. The van der Waals surface area contributed by atoms with Gasteiger partial charge in [0.2, 0.25) is 0 Å². The number of para-hydroxylation sites is 1. The Morgan fingerprint density at radius 3 is 1.94 bits per heavy atom. The normalized spacial score (nSPS) is 13.8. The van der Waals surface area contributed by atoms with Gasteiger partial charge in [0.05, 0.1) is 11.1 Å². The Hall–Kier alpha value is -3.48. The Balaban J connectivity index is 1.73. The maximum Gasteiger partial charge on any atom is 0.329 e. The molecule has 1 heterocycles. The molecule has 1 aliphatic heterocycles. The summed E-state index contributed by atoms with van der Waals surface area (Å²) in [6.45, 7) is 7.28. The van der Waals surface area contributed by atoms with E-state index in [0.29, 0.717) is 0 Å². The molecule has 3 rings (SSSR count). The van der Waals surface area contributed by atoms with E-state index in [2.05, 4.69) is 5.32 Å². The number of amides is 3. The van der Waals surface area contributed by atoms with E-state index in [1.165, 1.54) is 0 Å². The molecule has 0 saturated carbocycles. The molecule has 0 aromatic heterocycles. The second kappa shape index (κ2) is 10.4. The van der Waals surface area contributed by atoms with Gasteiger partial charge in [-0.05, 0) is 48.4 Å². The summed E-state index contributed by atoms with van der Waals surface area (Å²) in [5, 5.41) is 2.85. The SMILES string of the molecule is CCc1cccc(CC)c1NC(=O)COC(=O)[C@@H](CC(C)C)N1C(=O)c2ccccc2C1=O. The average Bonchev–Trinajstić information content (AvgIpc) is 3.06. The molecule has 0 aliphatic carbocycles. The van der Waals surface area contributed by atoms with Crippen molar-refractivity contribution in [3.63, 3.8) is 0 Å². The predicted octanol–water partition coefficient (Wildman–Crippen LogP) is 4.00. The molecule has 0 fully saturated rings. The molecule has 3 amide bonds. The van der Waals surface area contributed by atoms with E-state index in [1.54, 1.807) is 24.3 Å². The number of carbonyl (C=O) groups excluding carboxylic acids is 4. The second-order valence-corrected chi connectivity index (χ2v) is 8.49. The van der Waals surface area contributed by atoms with E-state index in [-0.39, 0.29) is 23.5 Å². The first kappa shape index (κ1) is 24.2. The van der Waals surface area contributed by atoms with Gasteiger partial charge < -0.3 is 10.1 Å². The third-order valence-corrected chi connectivity index (χ3v) is 5.71. The van der Waals surface area contributed by atoms with Gasteiger partial charge in [0.15, 0.2) is 6.61 Å². The van der Waals surface area contributed by atoms with Crippen LogP contribution >= 0.6 is 0 Å². The number of imide groups is 1. The van der Waals surface area contributed by atoms with E-state index in [1.807, 2.05) is 45.9 Å². The van der Waals surface area contributed by atoms with Crippen LogP contribution in [0, 0.1) is 5.92 Å². The van der Waals surface area contributed by atoms with Crippen LogP contribution in [0.2, 0.25) is 0 Å². The van der Waals surface area contributed by atoms with Gasteiger partial charge in [0, 0.05) is 5.69 Å². The Labute approximate surface area is 194 Å². The molecule has 7 nitrogen and oxygen atoms in total. The molecule has 174 valence electrons. The lowest BCUT2D eigenvalue weighted by Crippen LogP contribution is -2.46. The van der Waals surface area contributed by atoms with Crippen molar-refractivity contribution < 1.29 is 23.9 Å². The topological polar surface area (TPSA) is 92.8 Å². The zero-order valence-electron chi connectivity index (χ0n) is 19.5. The standard InChI is InChI=1S/C26H30N2O5/c1-5-17-10-9-11-18(6-2)23(17)27-22(29)15-33-26(32)21(14-16(3)4)28-24(30)19-12-7-8-13-20(19)25(28)31/h7-13,16,21H,5-6,14-15H2,1-4H3,(H,27,29)/t21-/m1/s1. The Morgan fingerprint density at radius 1 is 0.909 bits per heavy atom. The summed E-state index contributed by atoms with van der Waals surface area (Å²) in [6, 6.07) is 11.2. The first-order valence-electron chi connectivity index (χ1n) is 11.3. The molecule has 1 N–H and O–H groups in total. The summed E-state index contributed by atoms with van der Waals surface area (Å²) < 4.78 is 5.30. The number of aryl methyl sites for hydroxylation is 2. The second-order valence-electron chi connectivity index (χ2n) is 8.49. The van der Waals surface area contributed by atoms with Crippen LogP contribution in [0.5, 0.6) is 0 Å². The van der Waals surface area contributed by atoms with Gasteiger partial charge in [-0.15, -0.1) is 0 Å². The Morgan fingerprint density at radius 2 is 1.45 bits per heavy atom. The fourth-order valence-electron chi connectivity index (χ4n) is 4.06. The van der Waals surface area contributed by atoms with Crippen molar-refractivity contribution >= 4 is 29.4 Å². The minimum absolute atomic E-state index is 0.0178.